The molecule has 7 nitrogen and oxygen atoms in total. The summed E-state index contributed by atoms with van der Waals surface area (Å²) in [7, 11) is 0. The van der Waals surface area contributed by atoms with Crippen molar-refractivity contribution >= 4 is 18.3 Å². The average molecular weight is 530 g/mol. The summed E-state index contributed by atoms with van der Waals surface area (Å²) in [5.41, 5.74) is 5.79. The molecule has 36 heavy (non-hydrogen) atoms. The number of amides is 1. The van der Waals surface area contributed by atoms with Crippen LogP contribution in [0.3, 0.4) is 0 Å². The number of hydrogen-bond donors (Lipinski definition) is 2. The maximum atomic E-state index is 13.9. The lowest BCUT2D eigenvalue weighted by Gasteiger charge is -2.12. The predicted molar refractivity (Wildman–Crippen MR) is 124 cm³/mol. The molecule has 0 saturated heterocycles. The summed E-state index contributed by atoms with van der Waals surface area (Å²) < 4.78 is 69.3. The van der Waals surface area contributed by atoms with Crippen LogP contribution in [0.4, 0.5) is 17.6 Å². The lowest BCUT2D eigenvalue weighted by molar-refractivity contribution is -0.0515. The maximum absolute atomic E-state index is 13.9. The molecule has 1 heterocycles. The van der Waals surface area contributed by atoms with E-state index in [9.17, 15) is 22.4 Å². The highest BCUT2D eigenvalue weighted by molar-refractivity contribution is 5.94. The minimum absolute atomic E-state index is 0. The van der Waals surface area contributed by atoms with Crippen molar-refractivity contribution in [2.45, 2.75) is 39.0 Å². The van der Waals surface area contributed by atoms with Crippen LogP contribution in [-0.4, -0.2) is 24.1 Å². The summed E-state index contributed by atoms with van der Waals surface area (Å²) >= 11 is 0. The monoisotopic (exact) mass is 529 g/mol. The Kier molecular flexibility index (Phi) is 8.80. The second-order valence-corrected chi connectivity index (χ2v) is 8.20. The van der Waals surface area contributed by atoms with Crippen LogP contribution in [0.2, 0.25) is 0 Å². The van der Waals surface area contributed by atoms with E-state index in [1.54, 1.807) is 6.92 Å². The van der Waals surface area contributed by atoms with E-state index in [0.29, 0.717) is 18.1 Å². The predicted octanol–water partition coefficient (Wildman–Crippen LogP) is 5.38. The fraction of sp³-hybridized carbons (Fsp3) is 0.333. The third-order valence-electron chi connectivity index (χ3n) is 5.35. The van der Waals surface area contributed by atoms with Gasteiger partial charge in [-0.25, -0.2) is 13.8 Å². The van der Waals surface area contributed by atoms with E-state index < -0.39 is 36.7 Å². The number of ether oxygens (including phenoxy) is 2. The van der Waals surface area contributed by atoms with Gasteiger partial charge in [0, 0.05) is 17.7 Å². The zero-order valence-corrected chi connectivity index (χ0v) is 19.9. The van der Waals surface area contributed by atoms with Crippen molar-refractivity contribution in [1.82, 2.24) is 10.3 Å². The van der Waals surface area contributed by atoms with Gasteiger partial charge in [-0.15, -0.1) is 12.4 Å². The number of alkyl halides is 2. The van der Waals surface area contributed by atoms with Gasteiger partial charge < -0.3 is 24.9 Å². The van der Waals surface area contributed by atoms with E-state index in [0.717, 1.165) is 25.0 Å². The molecule has 3 aromatic rings. The van der Waals surface area contributed by atoms with Crippen LogP contribution in [-0.2, 0) is 6.54 Å². The molecule has 0 unspecified atom stereocenters. The maximum Gasteiger partial charge on any atom is 0.387 e. The summed E-state index contributed by atoms with van der Waals surface area (Å²) in [5.74, 6) is -2.03. The van der Waals surface area contributed by atoms with E-state index in [2.05, 4.69) is 15.0 Å². The minimum atomic E-state index is -3.04. The Morgan fingerprint density at radius 3 is 2.50 bits per heavy atom. The highest BCUT2D eigenvalue weighted by Gasteiger charge is 2.26. The van der Waals surface area contributed by atoms with Gasteiger partial charge in [0.2, 0.25) is 5.89 Å². The van der Waals surface area contributed by atoms with Crippen LogP contribution in [0, 0.1) is 17.6 Å². The number of nitrogens with zero attached hydrogens (tertiary/aromatic N) is 1. The molecule has 12 heteroatoms. The highest BCUT2D eigenvalue weighted by Crippen LogP contribution is 2.37. The fourth-order valence-electron chi connectivity index (χ4n) is 3.32. The Bertz CT molecular complexity index is 1200. The van der Waals surface area contributed by atoms with Crippen molar-refractivity contribution in [1.29, 1.82) is 0 Å². The van der Waals surface area contributed by atoms with E-state index in [1.807, 2.05) is 0 Å². The molecule has 194 valence electrons. The zero-order chi connectivity index (χ0) is 25.1. The van der Waals surface area contributed by atoms with Crippen molar-refractivity contribution in [3.8, 4) is 23.0 Å². The largest absolute Gasteiger partial charge is 0.489 e. The topological polar surface area (TPSA) is 99.6 Å². The van der Waals surface area contributed by atoms with Crippen molar-refractivity contribution in [3.05, 3.63) is 65.1 Å². The van der Waals surface area contributed by atoms with Crippen LogP contribution < -0.4 is 20.5 Å². The Hall–Kier alpha value is -3.31. The van der Waals surface area contributed by atoms with E-state index >= 15 is 0 Å². The van der Waals surface area contributed by atoms with Crippen molar-refractivity contribution in [2.75, 3.05) is 6.61 Å². The molecule has 1 aliphatic carbocycles. The van der Waals surface area contributed by atoms with Crippen LogP contribution >= 0.6 is 12.4 Å². The number of nitrogens with two attached hydrogens (primary N) is 1. The minimum Gasteiger partial charge on any atom is -0.489 e. The van der Waals surface area contributed by atoms with Crippen LogP contribution in [0.15, 0.2) is 40.8 Å². The summed E-state index contributed by atoms with van der Waals surface area (Å²) in [6.45, 7) is -1.54. The Balaban J connectivity index is 0.00000361. The van der Waals surface area contributed by atoms with E-state index in [4.69, 9.17) is 14.9 Å². The number of nitrogens with one attached hydrogen (secondary N) is 1. The summed E-state index contributed by atoms with van der Waals surface area (Å²) in [4.78, 5) is 17.0. The smallest absolute Gasteiger partial charge is 0.387 e. The van der Waals surface area contributed by atoms with E-state index in [1.165, 1.54) is 24.3 Å². The number of halogens is 5. The van der Waals surface area contributed by atoms with Crippen LogP contribution in [0.25, 0.3) is 11.5 Å². The first-order valence-electron chi connectivity index (χ1n) is 10.9. The van der Waals surface area contributed by atoms with Crippen molar-refractivity contribution < 1.29 is 36.2 Å². The van der Waals surface area contributed by atoms with Crippen LogP contribution in [0.1, 0.15) is 47.6 Å². The van der Waals surface area contributed by atoms with Gasteiger partial charge in [0.25, 0.3) is 5.91 Å². The van der Waals surface area contributed by atoms with Gasteiger partial charge in [0.05, 0.1) is 12.6 Å². The van der Waals surface area contributed by atoms with Crippen molar-refractivity contribution in [3.63, 3.8) is 0 Å². The van der Waals surface area contributed by atoms with Gasteiger partial charge in [-0.05, 0) is 56.0 Å². The molecule has 1 fully saturated rings. The molecule has 1 atom stereocenters. The van der Waals surface area contributed by atoms with Gasteiger partial charge >= 0.3 is 6.61 Å². The van der Waals surface area contributed by atoms with Gasteiger partial charge in [0.15, 0.2) is 23.0 Å². The third kappa shape index (κ3) is 6.46. The average Bonchev–Trinajstić information content (AvgIpc) is 3.52. The molecule has 0 spiro atoms. The van der Waals surface area contributed by atoms with E-state index in [-0.39, 0.29) is 46.8 Å². The third-order valence-corrected chi connectivity index (χ3v) is 5.35. The Morgan fingerprint density at radius 1 is 1.19 bits per heavy atom. The second-order valence-electron chi connectivity index (χ2n) is 8.20. The SMILES string of the molecule is C[C@H](N)c1oc(-c2ccc(OC(F)F)c(OCC3CC3)c2)nc1C(=O)NCc1c(F)cccc1F.Cl. The number of aromatic nitrogens is 1. The molecule has 1 aromatic heterocycles. The standard InChI is InChI=1S/C24H23F4N3O4.ClH/c1-12(29)21-20(22(32)30-10-15-16(25)3-2-4-17(15)26)31-23(35-21)14-7-8-18(34-24(27)28)19(9-14)33-11-13-5-6-13;/h2-4,7-9,12-13,24H,5-6,10-11,29H2,1H3,(H,30,32);1H/t12-;/m0./s1. The molecular formula is C24H24ClF4N3O4. The molecule has 0 radical (unpaired) electrons. The lowest BCUT2D eigenvalue weighted by Crippen LogP contribution is -2.26. The molecule has 1 aliphatic rings. The van der Waals surface area contributed by atoms with Gasteiger partial charge in [-0.3, -0.25) is 4.79 Å². The number of carbonyl (C=O) groups is 1. The first-order chi connectivity index (χ1) is 16.7. The Morgan fingerprint density at radius 2 is 1.89 bits per heavy atom. The lowest BCUT2D eigenvalue weighted by atomic mass is 10.2. The van der Waals surface area contributed by atoms with Gasteiger partial charge in [-0.1, -0.05) is 6.07 Å². The van der Waals surface area contributed by atoms with Gasteiger partial charge in [0.1, 0.15) is 11.6 Å². The van der Waals surface area contributed by atoms with Gasteiger partial charge in [-0.2, -0.15) is 8.78 Å². The molecule has 2 aromatic carbocycles. The molecule has 3 N–H and O–H groups in total. The quantitative estimate of drug-likeness (QED) is 0.342. The molecule has 1 amide bonds. The number of benzene rings is 2. The summed E-state index contributed by atoms with van der Waals surface area (Å²) in [6, 6.07) is 6.78. The summed E-state index contributed by atoms with van der Waals surface area (Å²) in [6.07, 6.45) is 1.99. The molecule has 1 saturated carbocycles. The first-order valence-corrected chi connectivity index (χ1v) is 10.9. The fourth-order valence-corrected chi connectivity index (χ4v) is 3.32. The number of rotatable bonds is 10. The number of hydrogen-bond acceptors (Lipinski definition) is 6. The number of oxazole rings is 1. The molecule has 0 aliphatic heterocycles. The molecule has 4 rings (SSSR count). The summed E-state index contributed by atoms with van der Waals surface area (Å²) in [5, 5.41) is 2.41. The molecular weight excluding hydrogens is 506 g/mol. The normalized spacial score (nSPS) is 13.8. The Labute approximate surface area is 210 Å². The number of carbonyl (C=O) groups excluding carboxylic acids is 1. The van der Waals surface area contributed by atoms with Crippen molar-refractivity contribution in [2.24, 2.45) is 11.7 Å². The van der Waals surface area contributed by atoms with Crippen LogP contribution in [0.5, 0.6) is 11.5 Å². The zero-order valence-electron chi connectivity index (χ0n) is 19.1. The first kappa shape index (κ1) is 27.3. The second kappa shape index (κ2) is 11.6. The molecule has 0 bridgehead atoms. The highest BCUT2D eigenvalue weighted by atomic mass is 35.5.